The minimum atomic E-state index is 0. The van der Waals surface area contributed by atoms with Crippen LogP contribution in [0.1, 0.15) is 38.2 Å². The Hall–Kier alpha value is -1.14. The molecule has 0 aromatic heterocycles. The van der Waals surface area contributed by atoms with E-state index in [0.717, 1.165) is 62.7 Å². The molecule has 0 radical (unpaired) electrons. The number of hydrogen-bond acceptors (Lipinski definition) is 4. The van der Waals surface area contributed by atoms with E-state index in [2.05, 4.69) is 34.8 Å². The van der Waals surface area contributed by atoms with Crippen molar-refractivity contribution in [3.05, 3.63) is 29.8 Å². The maximum atomic E-state index is 9.37. The van der Waals surface area contributed by atoms with E-state index in [1.807, 2.05) is 36.0 Å². The average molecular weight is 501 g/mol. The van der Waals surface area contributed by atoms with Crippen LogP contribution in [0.3, 0.4) is 0 Å². The molecule has 0 saturated carbocycles. The fourth-order valence-electron chi connectivity index (χ4n) is 3.22. The molecule has 0 bridgehead atoms. The number of halogens is 1. The lowest BCUT2D eigenvalue weighted by Gasteiger charge is -2.35. The number of aliphatic imine (C=N–C) groups is 1. The number of nitrogens with zero attached hydrogens (tertiary/aromatic N) is 3. The molecular weight excluding hydrogens is 469 g/mol. The van der Waals surface area contributed by atoms with Crippen molar-refractivity contribution >= 4 is 47.4 Å². The van der Waals surface area contributed by atoms with Crippen molar-refractivity contribution in [3.63, 3.8) is 0 Å². The van der Waals surface area contributed by atoms with Crippen LogP contribution < -0.4 is 15.5 Å². The molecule has 0 amide bonds. The highest BCUT2D eigenvalue weighted by Crippen LogP contribution is 2.23. The lowest BCUT2D eigenvalue weighted by molar-refractivity contribution is 0.468. The third-order valence-corrected chi connectivity index (χ3v) is 5.20. The summed E-state index contributed by atoms with van der Waals surface area (Å²) in [6.07, 6.45) is 6.73. The summed E-state index contributed by atoms with van der Waals surface area (Å²) in [6.45, 7) is 5.73. The highest BCUT2D eigenvalue weighted by Gasteiger charge is 2.22. The van der Waals surface area contributed by atoms with Gasteiger partial charge in [0.25, 0.3) is 0 Å². The van der Waals surface area contributed by atoms with Crippen molar-refractivity contribution in [2.45, 2.75) is 38.6 Å². The first kappa shape index (κ1) is 23.9. The van der Waals surface area contributed by atoms with Gasteiger partial charge in [0.2, 0.25) is 0 Å². The molecule has 7 heteroatoms. The van der Waals surface area contributed by atoms with E-state index >= 15 is 0 Å². The number of nitrogens with one attached hydrogen (secondary N) is 2. The van der Waals surface area contributed by atoms with Crippen LogP contribution in [-0.4, -0.2) is 50.2 Å². The monoisotopic (exact) mass is 501 g/mol. The molecule has 150 valence electrons. The van der Waals surface area contributed by atoms with Crippen LogP contribution in [0.5, 0.6) is 0 Å². The Kier molecular flexibility index (Phi) is 12.3. The number of unbranched alkanes of at least 4 members (excludes halogenated alkanes) is 1. The molecule has 5 nitrogen and oxygen atoms in total. The van der Waals surface area contributed by atoms with Gasteiger partial charge in [0.05, 0.1) is 11.3 Å². The average Bonchev–Trinajstić information content (AvgIpc) is 2.68. The Morgan fingerprint density at radius 2 is 2.19 bits per heavy atom. The molecule has 1 heterocycles. The zero-order valence-corrected chi connectivity index (χ0v) is 19.6. The minimum Gasteiger partial charge on any atom is -0.368 e. The van der Waals surface area contributed by atoms with E-state index in [9.17, 15) is 5.26 Å². The summed E-state index contributed by atoms with van der Waals surface area (Å²) < 4.78 is 0. The molecule has 1 aromatic carbocycles. The van der Waals surface area contributed by atoms with E-state index in [0.29, 0.717) is 6.04 Å². The van der Waals surface area contributed by atoms with Crippen molar-refractivity contribution < 1.29 is 0 Å². The lowest BCUT2D eigenvalue weighted by Crippen LogP contribution is -2.51. The molecule has 0 spiro atoms. The van der Waals surface area contributed by atoms with Gasteiger partial charge in [-0.05, 0) is 56.7 Å². The predicted octanol–water partition coefficient (Wildman–Crippen LogP) is 3.84. The second-order valence-electron chi connectivity index (χ2n) is 6.52. The van der Waals surface area contributed by atoms with E-state index in [1.54, 1.807) is 0 Å². The summed E-state index contributed by atoms with van der Waals surface area (Å²) in [5.41, 5.74) is 1.79. The van der Waals surface area contributed by atoms with Gasteiger partial charge in [0.15, 0.2) is 5.96 Å². The molecule has 1 aliphatic heterocycles. The molecule has 1 aliphatic rings. The van der Waals surface area contributed by atoms with Crippen LogP contribution in [0.4, 0.5) is 5.69 Å². The standard InChI is InChI=1S/C20H31N5S.HI/c1-3-22-20(23-12-6-7-14-26-2)24-18-10-8-13-25(16-18)19-11-5-4-9-17(19)15-21;/h4-5,9,11,18H,3,6-8,10,12-14,16H2,1-2H3,(H2,22,23,24);1H. The van der Waals surface area contributed by atoms with Crippen molar-refractivity contribution in [1.29, 1.82) is 5.26 Å². The summed E-state index contributed by atoms with van der Waals surface area (Å²) in [5, 5.41) is 16.3. The number of anilines is 1. The molecule has 2 N–H and O–H groups in total. The third-order valence-electron chi connectivity index (χ3n) is 4.50. The Bertz CT molecular complexity index is 617. The first-order chi connectivity index (χ1) is 12.8. The first-order valence-electron chi connectivity index (χ1n) is 9.56. The van der Waals surface area contributed by atoms with Gasteiger partial charge in [-0.25, -0.2) is 0 Å². The summed E-state index contributed by atoms with van der Waals surface area (Å²) in [6, 6.07) is 10.5. The summed E-state index contributed by atoms with van der Waals surface area (Å²) in [7, 11) is 0. The Morgan fingerprint density at radius 3 is 2.93 bits per heavy atom. The van der Waals surface area contributed by atoms with Crippen molar-refractivity contribution in [2.24, 2.45) is 4.99 Å². The zero-order valence-electron chi connectivity index (χ0n) is 16.4. The fraction of sp³-hybridized carbons (Fsp3) is 0.600. The third kappa shape index (κ3) is 8.18. The van der Waals surface area contributed by atoms with Gasteiger partial charge in [-0.1, -0.05) is 12.1 Å². The second-order valence-corrected chi connectivity index (χ2v) is 7.50. The van der Waals surface area contributed by atoms with Crippen molar-refractivity contribution in [2.75, 3.05) is 43.1 Å². The van der Waals surface area contributed by atoms with Gasteiger partial charge >= 0.3 is 0 Å². The maximum Gasteiger partial charge on any atom is 0.191 e. The first-order valence-corrected chi connectivity index (χ1v) is 11.0. The van der Waals surface area contributed by atoms with Gasteiger partial charge in [0.1, 0.15) is 6.07 Å². The number of nitriles is 1. The molecule has 2 rings (SSSR count). The number of piperidine rings is 1. The topological polar surface area (TPSA) is 63.5 Å². The number of rotatable bonds is 8. The van der Waals surface area contributed by atoms with Gasteiger partial charge in [-0.15, -0.1) is 24.0 Å². The van der Waals surface area contributed by atoms with Gasteiger partial charge in [0, 0.05) is 32.2 Å². The summed E-state index contributed by atoms with van der Waals surface area (Å²) >= 11 is 1.89. The molecule has 27 heavy (non-hydrogen) atoms. The van der Waals surface area contributed by atoms with Crippen LogP contribution >= 0.6 is 35.7 Å². The Balaban J connectivity index is 0.00000364. The van der Waals surface area contributed by atoms with Gasteiger partial charge in [-0.3, -0.25) is 4.99 Å². The Morgan fingerprint density at radius 1 is 1.37 bits per heavy atom. The SMILES string of the molecule is CCNC(=NCCCCSC)NC1CCCN(c2ccccc2C#N)C1.I. The van der Waals surface area contributed by atoms with Crippen LogP contribution in [0.2, 0.25) is 0 Å². The highest BCUT2D eigenvalue weighted by molar-refractivity contribution is 14.0. The van der Waals surface area contributed by atoms with Crippen LogP contribution in [0.25, 0.3) is 0 Å². The number of benzene rings is 1. The zero-order chi connectivity index (χ0) is 18.6. The lowest BCUT2D eigenvalue weighted by atomic mass is 10.0. The number of guanidine groups is 1. The Labute approximate surface area is 185 Å². The molecular formula is C20H32IN5S. The normalized spacial score (nSPS) is 17.0. The molecule has 1 saturated heterocycles. The maximum absolute atomic E-state index is 9.37. The van der Waals surface area contributed by atoms with Crippen LogP contribution in [-0.2, 0) is 0 Å². The smallest absolute Gasteiger partial charge is 0.191 e. The number of para-hydroxylation sites is 1. The quantitative estimate of drug-likeness (QED) is 0.245. The molecule has 1 unspecified atom stereocenters. The predicted molar refractivity (Wildman–Crippen MR) is 129 cm³/mol. The van der Waals surface area contributed by atoms with Crippen LogP contribution in [0, 0.1) is 11.3 Å². The second kappa shape index (κ2) is 13.9. The molecule has 0 aliphatic carbocycles. The fourth-order valence-corrected chi connectivity index (χ4v) is 3.71. The van der Waals surface area contributed by atoms with E-state index in [-0.39, 0.29) is 24.0 Å². The van der Waals surface area contributed by atoms with Crippen molar-refractivity contribution in [1.82, 2.24) is 10.6 Å². The van der Waals surface area contributed by atoms with Crippen LogP contribution in [0.15, 0.2) is 29.3 Å². The van der Waals surface area contributed by atoms with Crippen molar-refractivity contribution in [3.8, 4) is 6.07 Å². The van der Waals surface area contributed by atoms with E-state index < -0.39 is 0 Å². The van der Waals surface area contributed by atoms with E-state index in [4.69, 9.17) is 4.99 Å². The molecule has 1 fully saturated rings. The summed E-state index contributed by atoms with van der Waals surface area (Å²) in [4.78, 5) is 7.05. The van der Waals surface area contributed by atoms with Gasteiger partial charge < -0.3 is 15.5 Å². The number of hydrogen-bond donors (Lipinski definition) is 2. The molecule has 1 aromatic rings. The summed E-state index contributed by atoms with van der Waals surface area (Å²) in [5.74, 6) is 2.12. The van der Waals surface area contributed by atoms with Gasteiger partial charge in [-0.2, -0.15) is 17.0 Å². The number of thioether (sulfide) groups is 1. The molecule has 1 atom stereocenters. The largest absolute Gasteiger partial charge is 0.368 e. The van der Waals surface area contributed by atoms with E-state index in [1.165, 1.54) is 12.2 Å². The highest BCUT2D eigenvalue weighted by atomic mass is 127. The minimum absolute atomic E-state index is 0.